The Bertz CT molecular complexity index is 535. The fourth-order valence-corrected chi connectivity index (χ4v) is 1.82. The van der Waals surface area contributed by atoms with E-state index in [0.29, 0.717) is 4.99 Å². The zero-order chi connectivity index (χ0) is 12.3. The lowest BCUT2D eigenvalue weighted by molar-refractivity contribution is 1.43. The van der Waals surface area contributed by atoms with Crippen LogP contribution in [0.5, 0.6) is 0 Å². The topological polar surface area (TPSA) is 38.0 Å². The maximum Gasteiger partial charge on any atom is 0.106 e. The molecule has 0 unspecified atom stereocenters. The number of aryl methyl sites for hydroxylation is 1. The molecule has 0 bridgehead atoms. The summed E-state index contributed by atoms with van der Waals surface area (Å²) in [6.07, 6.45) is 0. The summed E-state index contributed by atoms with van der Waals surface area (Å²) in [6.45, 7) is 2.02. The van der Waals surface area contributed by atoms with Gasteiger partial charge in [-0.1, -0.05) is 42.0 Å². The molecule has 0 aliphatic heterocycles. The Morgan fingerprint density at radius 2 is 1.82 bits per heavy atom. The van der Waals surface area contributed by atoms with Crippen LogP contribution in [0.1, 0.15) is 11.1 Å². The molecule has 0 radical (unpaired) electrons. The van der Waals surface area contributed by atoms with E-state index in [2.05, 4.69) is 5.32 Å². The third kappa shape index (κ3) is 2.82. The molecule has 2 aromatic rings. The maximum atomic E-state index is 5.73. The molecule has 0 spiro atoms. The molecule has 0 saturated heterocycles. The lowest BCUT2D eigenvalue weighted by Crippen LogP contribution is -2.12. The van der Waals surface area contributed by atoms with E-state index >= 15 is 0 Å². The standard InChI is InChI=1S/C14H14N2S/c1-10-7-8-13(12(9-10)14(15)17)16-11-5-3-2-4-6-11/h2-9,16H,1H3,(H2,15,17). The molecule has 0 saturated carbocycles. The molecular formula is C14H14N2S. The number of rotatable bonds is 3. The van der Waals surface area contributed by atoms with Crippen LogP contribution in [0.15, 0.2) is 48.5 Å². The molecule has 0 aliphatic carbocycles. The van der Waals surface area contributed by atoms with Crippen molar-refractivity contribution in [1.82, 2.24) is 0 Å². The predicted molar refractivity (Wildman–Crippen MR) is 76.8 cm³/mol. The summed E-state index contributed by atoms with van der Waals surface area (Å²) in [5.41, 5.74) is 9.71. The molecule has 2 aromatic carbocycles. The van der Waals surface area contributed by atoms with Crippen LogP contribution in [0.4, 0.5) is 11.4 Å². The van der Waals surface area contributed by atoms with Gasteiger partial charge in [0.2, 0.25) is 0 Å². The predicted octanol–water partition coefficient (Wildman–Crippen LogP) is 3.37. The molecule has 0 aromatic heterocycles. The van der Waals surface area contributed by atoms with Gasteiger partial charge in [-0.2, -0.15) is 0 Å². The van der Waals surface area contributed by atoms with E-state index in [0.717, 1.165) is 22.5 Å². The highest BCUT2D eigenvalue weighted by Crippen LogP contribution is 2.21. The molecule has 0 amide bonds. The minimum atomic E-state index is 0.409. The fourth-order valence-electron chi connectivity index (χ4n) is 1.65. The number of hydrogen-bond donors (Lipinski definition) is 2. The number of benzene rings is 2. The number of hydrogen-bond acceptors (Lipinski definition) is 2. The third-order valence-corrected chi connectivity index (χ3v) is 2.71. The van der Waals surface area contributed by atoms with Crippen molar-refractivity contribution < 1.29 is 0 Å². The van der Waals surface area contributed by atoms with Crippen LogP contribution < -0.4 is 11.1 Å². The molecule has 0 atom stereocenters. The van der Waals surface area contributed by atoms with Crippen LogP contribution in [0, 0.1) is 6.92 Å². The summed E-state index contributed by atoms with van der Waals surface area (Å²) in [4.78, 5) is 0.409. The highest BCUT2D eigenvalue weighted by Gasteiger charge is 2.05. The molecular weight excluding hydrogens is 228 g/mol. The van der Waals surface area contributed by atoms with Gasteiger partial charge in [-0.05, 0) is 31.2 Å². The van der Waals surface area contributed by atoms with Crippen LogP contribution in [0.3, 0.4) is 0 Å². The lowest BCUT2D eigenvalue weighted by atomic mass is 10.1. The van der Waals surface area contributed by atoms with E-state index in [9.17, 15) is 0 Å². The number of anilines is 2. The summed E-state index contributed by atoms with van der Waals surface area (Å²) >= 11 is 5.06. The van der Waals surface area contributed by atoms with Crippen molar-refractivity contribution in [2.24, 2.45) is 5.73 Å². The SMILES string of the molecule is Cc1ccc(Nc2ccccc2)c(C(N)=S)c1. The van der Waals surface area contributed by atoms with Gasteiger partial charge in [0.25, 0.3) is 0 Å². The normalized spacial score (nSPS) is 9.94. The summed E-state index contributed by atoms with van der Waals surface area (Å²) in [7, 11) is 0. The number of nitrogens with two attached hydrogens (primary N) is 1. The monoisotopic (exact) mass is 242 g/mol. The first-order valence-electron chi connectivity index (χ1n) is 5.39. The minimum absolute atomic E-state index is 0.409. The maximum absolute atomic E-state index is 5.73. The second kappa shape index (κ2) is 4.97. The van der Waals surface area contributed by atoms with Crippen LogP contribution in [0.25, 0.3) is 0 Å². The van der Waals surface area contributed by atoms with Crippen molar-refractivity contribution in [2.45, 2.75) is 6.92 Å². The van der Waals surface area contributed by atoms with Crippen molar-refractivity contribution in [2.75, 3.05) is 5.32 Å². The Labute approximate surface area is 106 Å². The summed E-state index contributed by atoms with van der Waals surface area (Å²) in [5.74, 6) is 0. The quantitative estimate of drug-likeness (QED) is 0.810. The van der Waals surface area contributed by atoms with Gasteiger partial charge in [-0.3, -0.25) is 0 Å². The van der Waals surface area contributed by atoms with Gasteiger partial charge in [0, 0.05) is 16.9 Å². The first-order valence-corrected chi connectivity index (χ1v) is 5.80. The Hall–Kier alpha value is -1.87. The second-order valence-corrected chi connectivity index (χ2v) is 4.34. The van der Waals surface area contributed by atoms with E-state index in [1.807, 2.05) is 55.5 Å². The molecule has 17 heavy (non-hydrogen) atoms. The van der Waals surface area contributed by atoms with Gasteiger partial charge in [0.05, 0.1) is 0 Å². The second-order valence-electron chi connectivity index (χ2n) is 3.90. The van der Waals surface area contributed by atoms with Gasteiger partial charge in [0.1, 0.15) is 4.99 Å². The lowest BCUT2D eigenvalue weighted by Gasteiger charge is -2.11. The van der Waals surface area contributed by atoms with Crippen molar-refractivity contribution in [3.63, 3.8) is 0 Å². The number of thiocarbonyl (C=S) groups is 1. The number of para-hydroxylation sites is 1. The van der Waals surface area contributed by atoms with E-state index in [1.54, 1.807) is 0 Å². The van der Waals surface area contributed by atoms with Crippen LogP contribution >= 0.6 is 12.2 Å². The van der Waals surface area contributed by atoms with E-state index in [4.69, 9.17) is 18.0 Å². The van der Waals surface area contributed by atoms with Crippen molar-refractivity contribution in [3.8, 4) is 0 Å². The zero-order valence-electron chi connectivity index (χ0n) is 9.60. The summed E-state index contributed by atoms with van der Waals surface area (Å²) < 4.78 is 0. The Balaban J connectivity index is 2.36. The van der Waals surface area contributed by atoms with Gasteiger partial charge in [0.15, 0.2) is 0 Å². The average Bonchev–Trinajstić information content (AvgIpc) is 2.32. The highest BCUT2D eigenvalue weighted by molar-refractivity contribution is 7.80. The summed E-state index contributed by atoms with van der Waals surface area (Å²) in [5, 5.41) is 3.31. The van der Waals surface area contributed by atoms with E-state index < -0.39 is 0 Å². The first kappa shape index (κ1) is 11.6. The Morgan fingerprint density at radius 3 is 2.47 bits per heavy atom. The van der Waals surface area contributed by atoms with Crippen molar-refractivity contribution >= 4 is 28.6 Å². The largest absolute Gasteiger partial charge is 0.389 e. The molecule has 0 fully saturated rings. The molecule has 0 heterocycles. The summed E-state index contributed by atoms with van der Waals surface area (Å²) in [6, 6.07) is 16.0. The molecule has 2 rings (SSSR count). The highest BCUT2D eigenvalue weighted by atomic mass is 32.1. The van der Waals surface area contributed by atoms with E-state index in [-0.39, 0.29) is 0 Å². The van der Waals surface area contributed by atoms with Gasteiger partial charge >= 0.3 is 0 Å². The molecule has 0 aliphatic rings. The Kier molecular flexibility index (Phi) is 3.40. The van der Waals surface area contributed by atoms with Crippen LogP contribution in [-0.2, 0) is 0 Å². The van der Waals surface area contributed by atoms with Gasteiger partial charge < -0.3 is 11.1 Å². The molecule has 86 valence electrons. The minimum Gasteiger partial charge on any atom is -0.389 e. The van der Waals surface area contributed by atoms with Crippen LogP contribution in [0.2, 0.25) is 0 Å². The van der Waals surface area contributed by atoms with Gasteiger partial charge in [-0.25, -0.2) is 0 Å². The van der Waals surface area contributed by atoms with E-state index in [1.165, 1.54) is 0 Å². The van der Waals surface area contributed by atoms with Crippen molar-refractivity contribution in [1.29, 1.82) is 0 Å². The third-order valence-electron chi connectivity index (χ3n) is 2.49. The van der Waals surface area contributed by atoms with Crippen molar-refractivity contribution in [3.05, 3.63) is 59.7 Å². The molecule has 3 N–H and O–H groups in total. The Morgan fingerprint density at radius 1 is 1.12 bits per heavy atom. The average molecular weight is 242 g/mol. The number of nitrogens with one attached hydrogen (secondary N) is 1. The van der Waals surface area contributed by atoms with Gasteiger partial charge in [-0.15, -0.1) is 0 Å². The fraction of sp³-hybridized carbons (Fsp3) is 0.0714. The smallest absolute Gasteiger partial charge is 0.106 e. The van der Waals surface area contributed by atoms with Crippen LogP contribution in [-0.4, -0.2) is 4.99 Å². The molecule has 2 nitrogen and oxygen atoms in total. The first-order chi connectivity index (χ1) is 8.16. The zero-order valence-corrected chi connectivity index (χ0v) is 10.4. The molecule has 3 heteroatoms.